The topological polar surface area (TPSA) is 37.4 Å². The normalized spacial score (nSPS) is 19.1. The van der Waals surface area contributed by atoms with Gasteiger partial charge in [-0.2, -0.15) is 0 Å². The van der Waals surface area contributed by atoms with Crippen LogP contribution >= 0.6 is 0 Å². The molecule has 0 unspecified atom stereocenters. The first-order valence-corrected chi connectivity index (χ1v) is 5.18. The molecule has 0 fully saturated rings. The molecule has 0 radical (unpaired) electrons. The van der Waals surface area contributed by atoms with Crippen LogP contribution in [0.1, 0.15) is 17.5 Å². The second-order valence-electron chi connectivity index (χ2n) is 4.12. The number of Topliss-reactive ketones (excluding diaryl/α,β-unsaturated/α-hetero) is 1. The number of aryl methyl sites for hydroxylation is 1. The van der Waals surface area contributed by atoms with E-state index in [0.717, 1.165) is 17.7 Å². The highest BCUT2D eigenvalue weighted by Crippen LogP contribution is 2.34. The van der Waals surface area contributed by atoms with E-state index in [9.17, 15) is 9.59 Å². The second kappa shape index (κ2) is 2.92. The van der Waals surface area contributed by atoms with E-state index in [2.05, 4.69) is 0 Å². The molecule has 0 atom stereocenters. The van der Waals surface area contributed by atoms with Gasteiger partial charge in [0.25, 0.3) is 0 Å². The molecule has 76 valence electrons. The third kappa shape index (κ3) is 1.19. The molecule has 1 aromatic carbocycles. The number of benzene rings is 1. The Morgan fingerprint density at radius 3 is 2.73 bits per heavy atom. The Balaban J connectivity index is 2.22. The molecule has 0 saturated heterocycles. The van der Waals surface area contributed by atoms with Gasteiger partial charge in [-0.3, -0.25) is 9.59 Å². The van der Waals surface area contributed by atoms with Gasteiger partial charge >= 0.3 is 0 Å². The highest BCUT2D eigenvalue weighted by Gasteiger charge is 2.31. The highest BCUT2D eigenvalue weighted by molar-refractivity contribution is 6.05. The molecule has 1 amide bonds. The quantitative estimate of drug-likeness (QED) is 0.630. The van der Waals surface area contributed by atoms with Crippen molar-refractivity contribution in [3.8, 4) is 0 Å². The van der Waals surface area contributed by atoms with Crippen LogP contribution in [-0.2, 0) is 22.4 Å². The molecule has 0 aromatic heterocycles. The standard InChI is InChI=1S/C12H11NO2/c14-10-6-9-3-1-2-8-4-5-11(15)13(7-10)12(8)9/h1-3H,4-7H2. The lowest BCUT2D eigenvalue weighted by atomic mass is 9.91. The lowest BCUT2D eigenvalue weighted by Gasteiger charge is -2.34. The number of hydrogen-bond donors (Lipinski definition) is 0. The van der Waals surface area contributed by atoms with E-state index >= 15 is 0 Å². The number of nitrogens with zero attached hydrogens (tertiary/aromatic N) is 1. The molecule has 0 bridgehead atoms. The summed E-state index contributed by atoms with van der Waals surface area (Å²) in [5.74, 6) is 0.220. The van der Waals surface area contributed by atoms with Gasteiger partial charge in [0.1, 0.15) is 0 Å². The monoisotopic (exact) mass is 201 g/mol. The summed E-state index contributed by atoms with van der Waals surface area (Å²) in [5.41, 5.74) is 3.23. The predicted octanol–water partition coefficient (Wildman–Crippen LogP) is 1.09. The molecule has 2 aliphatic rings. The maximum absolute atomic E-state index is 11.7. The molecule has 0 aliphatic carbocycles. The second-order valence-corrected chi connectivity index (χ2v) is 4.12. The Hall–Kier alpha value is -1.64. The smallest absolute Gasteiger partial charge is 0.227 e. The van der Waals surface area contributed by atoms with Crippen molar-refractivity contribution in [3.05, 3.63) is 29.3 Å². The first-order chi connectivity index (χ1) is 7.25. The molecule has 1 aromatic rings. The van der Waals surface area contributed by atoms with Gasteiger partial charge in [-0.15, -0.1) is 0 Å². The van der Waals surface area contributed by atoms with Crippen molar-refractivity contribution in [1.29, 1.82) is 0 Å². The van der Waals surface area contributed by atoms with E-state index in [-0.39, 0.29) is 18.2 Å². The van der Waals surface area contributed by atoms with E-state index < -0.39 is 0 Å². The van der Waals surface area contributed by atoms with E-state index in [0.29, 0.717) is 12.8 Å². The van der Waals surface area contributed by atoms with Gasteiger partial charge in [0.15, 0.2) is 5.78 Å². The number of amides is 1. The molecule has 0 spiro atoms. The zero-order valence-electron chi connectivity index (χ0n) is 8.32. The van der Waals surface area contributed by atoms with Crippen molar-refractivity contribution in [1.82, 2.24) is 0 Å². The molecule has 3 heteroatoms. The lowest BCUT2D eigenvalue weighted by Crippen LogP contribution is -2.43. The summed E-state index contributed by atoms with van der Waals surface area (Å²) in [6.07, 6.45) is 1.82. The number of anilines is 1. The SMILES string of the molecule is O=C1Cc2cccc3c2N(C1)C(=O)CC3. The number of ketones is 1. The van der Waals surface area contributed by atoms with Gasteiger partial charge < -0.3 is 4.90 Å². The van der Waals surface area contributed by atoms with E-state index in [1.54, 1.807) is 4.90 Å². The Kier molecular flexibility index (Phi) is 1.69. The average molecular weight is 201 g/mol. The Morgan fingerprint density at radius 2 is 1.87 bits per heavy atom. The van der Waals surface area contributed by atoms with Crippen LogP contribution in [0.15, 0.2) is 18.2 Å². The number of para-hydroxylation sites is 1. The summed E-state index contributed by atoms with van der Waals surface area (Å²) in [6.45, 7) is 0.267. The van der Waals surface area contributed by atoms with Crippen molar-refractivity contribution in [2.45, 2.75) is 19.3 Å². The van der Waals surface area contributed by atoms with Crippen molar-refractivity contribution in [2.24, 2.45) is 0 Å². The van der Waals surface area contributed by atoms with Gasteiger partial charge in [-0.25, -0.2) is 0 Å². The highest BCUT2D eigenvalue weighted by atomic mass is 16.2. The summed E-state index contributed by atoms with van der Waals surface area (Å²) in [6, 6.07) is 5.97. The Morgan fingerprint density at radius 1 is 1.07 bits per heavy atom. The molecule has 2 heterocycles. The van der Waals surface area contributed by atoms with Crippen LogP contribution in [0, 0.1) is 0 Å². The lowest BCUT2D eigenvalue weighted by molar-refractivity contribution is -0.123. The van der Waals surface area contributed by atoms with Crippen molar-refractivity contribution in [3.63, 3.8) is 0 Å². The molecule has 3 rings (SSSR count). The van der Waals surface area contributed by atoms with Crippen LogP contribution in [0.3, 0.4) is 0 Å². The van der Waals surface area contributed by atoms with Gasteiger partial charge in [0, 0.05) is 12.8 Å². The van der Waals surface area contributed by atoms with Gasteiger partial charge in [0.05, 0.1) is 12.2 Å². The zero-order valence-corrected chi connectivity index (χ0v) is 8.32. The van der Waals surface area contributed by atoms with Gasteiger partial charge in [-0.05, 0) is 17.5 Å². The van der Waals surface area contributed by atoms with E-state index in [1.165, 1.54) is 5.56 Å². The van der Waals surface area contributed by atoms with Crippen LogP contribution in [0.4, 0.5) is 5.69 Å². The molecular formula is C12H11NO2. The molecule has 2 aliphatic heterocycles. The average Bonchev–Trinajstić information content (AvgIpc) is 2.23. The molecule has 3 nitrogen and oxygen atoms in total. The molecular weight excluding hydrogens is 190 g/mol. The molecule has 15 heavy (non-hydrogen) atoms. The van der Waals surface area contributed by atoms with Crippen LogP contribution in [0.25, 0.3) is 0 Å². The van der Waals surface area contributed by atoms with Crippen LogP contribution in [0.2, 0.25) is 0 Å². The summed E-state index contributed by atoms with van der Waals surface area (Å²) < 4.78 is 0. The zero-order chi connectivity index (χ0) is 10.4. The first kappa shape index (κ1) is 8.65. The summed E-state index contributed by atoms with van der Waals surface area (Å²) in [5, 5.41) is 0. The first-order valence-electron chi connectivity index (χ1n) is 5.18. The van der Waals surface area contributed by atoms with Crippen molar-refractivity contribution in [2.75, 3.05) is 11.4 Å². The van der Waals surface area contributed by atoms with Crippen LogP contribution in [-0.4, -0.2) is 18.2 Å². The van der Waals surface area contributed by atoms with Gasteiger partial charge in [-0.1, -0.05) is 18.2 Å². The third-order valence-electron chi connectivity index (χ3n) is 3.10. The maximum Gasteiger partial charge on any atom is 0.227 e. The van der Waals surface area contributed by atoms with Crippen LogP contribution in [0.5, 0.6) is 0 Å². The fourth-order valence-corrected chi connectivity index (χ4v) is 2.45. The molecule has 0 N–H and O–H groups in total. The van der Waals surface area contributed by atoms with Crippen LogP contribution < -0.4 is 4.90 Å². The summed E-state index contributed by atoms with van der Waals surface area (Å²) >= 11 is 0. The third-order valence-corrected chi connectivity index (χ3v) is 3.10. The summed E-state index contributed by atoms with van der Waals surface area (Å²) in [7, 11) is 0. The fraction of sp³-hybridized carbons (Fsp3) is 0.333. The predicted molar refractivity (Wildman–Crippen MR) is 55.8 cm³/mol. The Labute approximate surface area is 87.7 Å². The Bertz CT molecular complexity index is 465. The minimum atomic E-state index is 0.0861. The number of hydrogen-bond acceptors (Lipinski definition) is 2. The van der Waals surface area contributed by atoms with Crippen molar-refractivity contribution < 1.29 is 9.59 Å². The minimum absolute atomic E-state index is 0.0861. The number of carbonyl (C=O) groups is 2. The van der Waals surface area contributed by atoms with Crippen molar-refractivity contribution >= 4 is 17.4 Å². The van der Waals surface area contributed by atoms with Gasteiger partial charge in [0.2, 0.25) is 5.91 Å². The number of carbonyl (C=O) groups excluding carboxylic acids is 2. The van der Waals surface area contributed by atoms with E-state index in [4.69, 9.17) is 0 Å². The number of rotatable bonds is 0. The molecule has 0 saturated carbocycles. The summed E-state index contributed by atoms with van der Waals surface area (Å²) in [4.78, 5) is 24.8. The maximum atomic E-state index is 11.7. The van der Waals surface area contributed by atoms with E-state index in [1.807, 2.05) is 18.2 Å². The fourth-order valence-electron chi connectivity index (χ4n) is 2.45. The minimum Gasteiger partial charge on any atom is -0.304 e. The largest absolute Gasteiger partial charge is 0.304 e.